The third-order valence-electron chi connectivity index (χ3n) is 0.966. The first kappa shape index (κ1) is 8.54. The summed E-state index contributed by atoms with van der Waals surface area (Å²) in [4.78, 5) is 0. The molecule has 0 unspecified atom stereocenters. The van der Waals surface area contributed by atoms with E-state index >= 15 is 0 Å². The van der Waals surface area contributed by atoms with Gasteiger partial charge in [0.2, 0.25) is 0 Å². The Morgan fingerprint density at radius 2 is 2.33 bits per heavy atom. The van der Waals surface area contributed by atoms with Gasteiger partial charge in [0.25, 0.3) is 0 Å². The average molecular weight is 127 g/mol. The summed E-state index contributed by atoms with van der Waals surface area (Å²) in [5.41, 5.74) is 0. The summed E-state index contributed by atoms with van der Waals surface area (Å²) in [7, 11) is 0. The van der Waals surface area contributed by atoms with Gasteiger partial charge in [-0.2, -0.15) is 0 Å². The summed E-state index contributed by atoms with van der Waals surface area (Å²) in [5.74, 6) is 1.01. The summed E-state index contributed by atoms with van der Waals surface area (Å²) in [6, 6.07) is 0. The van der Waals surface area contributed by atoms with Crippen molar-refractivity contribution in [3.63, 3.8) is 0 Å². The molecule has 0 aromatic heterocycles. The second kappa shape index (κ2) is 5.67. The van der Waals surface area contributed by atoms with Crippen molar-refractivity contribution in [2.45, 2.75) is 26.7 Å². The maximum atomic E-state index is 5.23. The average Bonchev–Trinajstić information content (AvgIpc) is 1.85. The molecule has 0 atom stereocenters. The Bertz CT molecular complexity index is 84.6. The van der Waals surface area contributed by atoms with Gasteiger partial charge < -0.3 is 4.74 Å². The molecule has 53 valence electrons. The minimum Gasteiger partial charge on any atom is -0.499 e. The van der Waals surface area contributed by atoms with E-state index in [0.717, 1.165) is 25.2 Å². The maximum absolute atomic E-state index is 5.23. The zero-order valence-electron chi connectivity index (χ0n) is 6.31. The van der Waals surface area contributed by atoms with Gasteiger partial charge in [0.15, 0.2) is 0 Å². The van der Waals surface area contributed by atoms with Crippen LogP contribution in [0.2, 0.25) is 0 Å². The molecule has 0 rings (SSSR count). The molecule has 0 saturated heterocycles. The summed E-state index contributed by atoms with van der Waals surface area (Å²) in [6.45, 7) is 8.47. The van der Waals surface area contributed by atoms with Gasteiger partial charge in [-0.1, -0.05) is 6.92 Å². The van der Waals surface area contributed by atoms with Crippen molar-refractivity contribution in [3.8, 4) is 0 Å². The highest BCUT2D eigenvalue weighted by Gasteiger charge is 1.84. The molecular formula is C8H15O. The largest absolute Gasteiger partial charge is 0.499 e. The van der Waals surface area contributed by atoms with Crippen molar-refractivity contribution in [3.05, 3.63) is 18.8 Å². The van der Waals surface area contributed by atoms with Gasteiger partial charge in [-0.05, 0) is 32.8 Å². The third-order valence-corrected chi connectivity index (χ3v) is 0.966. The van der Waals surface area contributed by atoms with Crippen LogP contribution in [0.1, 0.15) is 26.7 Å². The van der Waals surface area contributed by atoms with Crippen LogP contribution in [0.25, 0.3) is 0 Å². The Morgan fingerprint density at radius 1 is 1.67 bits per heavy atom. The van der Waals surface area contributed by atoms with Crippen molar-refractivity contribution < 1.29 is 4.74 Å². The van der Waals surface area contributed by atoms with Crippen LogP contribution in [0, 0.1) is 6.92 Å². The zero-order chi connectivity index (χ0) is 7.11. The van der Waals surface area contributed by atoms with E-state index in [1.165, 1.54) is 0 Å². The van der Waals surface area contributed by atoms with E-state index in [0.29, 0.717) is 0 Å². The number of ether oxygens (including phenoxy) is 1. The molecule has 1 heteroatoms. The number of allylic oxidation sites excluding steroid dienone is 2. The lowest BCUT2D eigenvalue weighted by molar-refractivity contribution is 0.218. The molecule has 0 aliphatic carbocycles. The summed E-state index contributed by atoms with van der Waals surface area (Å²) in [5, 5.41) is 0. The van der Waals surface area contributed by atoms with Crippen LogP contribution in [0.5, 0.6) is 0 Å². The molecule has 0 N–H and O–H groups in total. The van der Waals surface area contributed by atoms with Crippen molar-refractivity contribution in [1.29, 1.82) is 0 Å². The summed E-state index contributed by atoms with van der Waals surface area (Å²) >= 11 is 0. The molecule has 1 nitrogen and oxygen atoms in total. The van der Waals surface area contributed by atoms with Crippen molar-refractivity contribution >= 4 is 0 Å². The third kappa shape index (κ3) is 5.41. The Kier molecular flexibility index (Phi) is 5.38. The molecule has 9 heavy (non-hydrogen) atoms. The van der Waals surface area contributed by atoms with E-state index in [1.54, 1.807) is 0 Å². The lowest BCUT2D eigenvalue weighted by Gasteiger charge is -2.02. The lowest BCUT2D eigenvalue weighted by Crippen LogP contribution is -1.88. The summed E-state index contributed by atoms with van der Waals surface area (Å²) < 4.78 is 5.23. The highest BCUT2D eigenvalue weighted by Crippen LogP contribution is 1.97. The van der Waals surface area contributed by atoms with Crippen LogP contribution in [0.15, 0.2) is 11.8 Å². The van der Waals surface area contributed by atoms with Gasteiger partial charge in [0.1, 0.15) is 0 Å². The molecule has 0 spiro atoms. The Labute approximate surface area is 57.7 Å². The number of hydrogen-bond acceptors (Lipinski definition) is 1. The first-order chi connectivity index (χ1) is 4.31. The lowest BCUT2D eigenvalue weighted by atomic mass is 10.4. The maximum Gasteiger partial charge on any atom is 0.0888 e. The van der Waals surface area contributed by atoms with Crippen LogP contribution in [0.4, 0.5) is 0 Å². The standard InChI is InChI=1S/C8H15O/c1-4-6-8(3)9-7-5-2/h6H,2,4-5,7H2,1,3H3. The monoisotopic (exact) mass is 127 g/mol. The molecule has 0 saturated carbocycles. The van der Waals surface area contributed by atoms with Crippen LogP contribution >= 0.6 is 0 Å². The molecule has 0 bridgehead atoms. The van der Waals surface area contributed by atoms with Crippen molar-refractivity contribution in [1.82, 2.24) is 0 Å². The molecule has 0 aromatic rings. The molecule has 0 aromatic carbocycles. The summed E-state index contributed by atoms with van der Waals surface area (Å²) in [6.07, 6.45) is 3.95. The van der Waals surface area contributed by atoms with Gasteiger partial charge in [-0.25, -0.2) is 0 Å². The molecule has 0 aliphatic rings. The number of hydrogen-bond donors (Lipinski definition) is 0. The predicted molar refractivity (Wildman–Crippen MR) is 40.0 cm³/mol. The number of rotatable bonds is 4. The Morgan fingerprint density at radius 3 is 2.78 bits per heavy atom. The SMILES string of the molecule is [CH2]CCOC(C)=CCC. The molecule has 0 aliphatic heterocycles. The molecular weight excluding hydrogens is 112 g/mol. The minimum absolute atomic E-state index is 0.738. The normalized spacial score (nSPS) is 11.7. The fourth-order valence-electron chi connectivity index (χ4n) is 0.580. The Balaban J connectivity index is 3.25. The van der Waals surface area contributed by atoms with E-state index in [4.69, 9.17) is 4.74 Å². The highest BCUT2D eigenvalue weighted by molar-refractivity contribution is 4.86. The van der Waals surface area contributed by atoms with Crippen molar-refractivity contribution in [2.75, 3.05) is 6.61 Å². The van der Waals surface area contributed by atoms with E-state index in [1.807, 2.05) is 6.92 Å². The zero-order valence-corrected chi connectivity index (χ0v) is 6.31. The molecule has 0 heterocycles. The fraction of sp³-hybridized carbons (Fsp3) is 0.625. The van der Waals surface area contributed by atoms with Gasteiger partial charge in [-0.3, -0.25) is 0 Å². The van der Waals surface area contributed by atoms with Crippen molar-refractivity contribution in [2.24, 2.45) is 0 Å². The second-order valence-electron chi connectivity index (χ2n) is 1.93. The van der Waals surface area contributed by atoms with Crippen LogP contribution in [-0.4, -0.2) is 6.61 Å². The minimum atomic E-state index is 0.738. The van der Waals surface area contributed by atoms with Gasteiger partial charge >= 0.3 is 0 Å². The fourth-order valence-corrected chi connectivity index (χ4v) is 0.580. The van der Waals surface area contributed by atoms with Crippen LogP contribution < -0.4 is 0 Å². The van der Waals surface area contributed by atoms with E-state index < -0.39 is 0 Å². The van der Waals surface area contributed by atoms with E-state index in [2.05, 4.69) is 19.9 Å². The molecule has 0 fully saturated rings. The molecule has 1 radical (unpaired) electrons. The first-order valence-electron chi connectivity index (χ1n) is 3.40. The first-order valence-corrected chi connectivity index (χ1v) is 3.40. The Hall–Kier alpha value is -0.460. The van der Waals surface area contributed by atoms with Gasteiger partial charge in [0.05, 0.1) is 12.4 Å². The van der Waals surface area contributed by atoms with Crippen LogP contribution in [0.3, 0.4) is 0 Å². The van der Waals surface area contributed by atoms with E-state index in [9.17, 15) is 0 Å². The predicted octanol–water partition coefficient (Wildman–Crippen LogP) is 2.54. The quantitative estimate of drug-likeness (QED) is 0.527. The van der Waals surface area contributed by atoms with Gasteiger partial charge in [0, 0.05) is 0 Å². The topological polar surface area (TPSA) is 9.23 Å². The van der Waals surface area contributed by atoms with Gasteiger partial charge in [-0.15, -0.1) is 0 Å². The van der Waals surface area contributed by atoms with E-state index in [-0.39, 0.29) is 0 Å². The second-order valence-corrected chi connectivity index (χ2v) is 1.93. The molecule has 0 amide bonds. The smallest absolute Gasteiger partial charge is 0.0888 e. The highest BCUT2D eigenvalue weighted by atomic mass is 16.5. The van der Waals surface area contributed by atoms with Crippen LogP contribution in [-0.2, 0) is 4.74 Å².